The second-order valence-electron chi connectivity index (χ2n) is 5.41. The van der Waals surface area contributed by atoms with Gasteiger partial charge in [0.15, 0.2) is 5.16 Å². The highest BCUT2D eigenvalue weighted by atomic mass is 32.2. The number of rotatable bonds is 7. The number of aromatic amines is 1. The summed E-state index contributed by atoms with van der Waals surface area (Å²) < 4.78 is 10.1. The van der Waals surface area contributed by atoms with Crippen LogP contribution in [-0.2, 0) is 21.8 Å². The van der Waals surface area contributed by atoms with Gasteiger partial charge in [0.2, 0.25) is 0 Å². The van der Waals surface area contributed by atoms with Crippen molar-refractivity contribution in [2.45, 2.75) is 37.5 Å². The van der Waals surface area contributed by atoms with E-state index in [1.165, 1.54) is 17.8 Å². The van der Waals surface area contributed by atoms with Gasteiger partial charge in [-0.15, -0.1) is 0 Å². The molecule has 0 unspecified atom stereocenters. The van der Waals surface area contributed by atoms with Crippen molar-refractivity contribution >= 4 is 17.7 Å². The van der Waals surface area contributed by atoms with Gasteiger partial charge in [0, 0.05) is 18.9 Å². The lowest BCUT2D eigenvalue weighted by molar-refractivity contribution is 0.0378. The number of carbonyl (C=O) groups excluding carboxylic acids is 1. The standard InChI is InChI=1S/C17H20N2O4S/c1-11(2)23-16(21)13-6-4-12(5-7-13)10-24-17-18-14(9-22-3)8-15(20)19-17/h4-8,11H,9-10H2,1-3H3,(H,18,19,20). The summed E-state index contributed by atoms with van der Waals surface area (Å²) in [6.07, 6.45) is -0.144. The molecule has 1 aromatic carbocycles. The van der Waals surface area contributed by atoms with Gasteiger partial charge in [-0.25, -0.2) is 9.78 Å². The van der Waals surface area contributed by atoms with Crippen molar-refractivity contribution in [1.82, 2.24) is 9.97 Å². The summed E-state index contributed by atoms with van der Waals surface area (Å²) in [5.41, 5.74) is 1.92. The highest BCUT2D eigenvalue weighted by Crippen LogP contribution is 2.19. The summed E-state index contributed by atoms with van der Waals surface area (Å²) in [5.74, 6) is 0.293. The minimum Gasteiger partial charge on any atom is -0.459 e. The molecule has 0 saturated heterocycles. The predicted octanol–water partition coefficient (Wildman–Crippen LogP) is 2.77. The van der Waals surface area contributed by atoms with Gasteiger partial charge >= 0.3 is 5.97 Å². The van der Waals surface area contributed by atoms with Gasteiger partial charge in [-0.2, -0.15) is 0 Å². The highest BCUT2D eigenvalue weighted by molar-refractivity contribution is 7.98. The van der Waals surface area contributed by atoms with Crippen LogP contribution in [0.15, 0.2) is 40.3 Å². The molecule has 0 saturated carbocycles. The Bertz CT molecular complexity index is 741. The van der Waals surface area contributed by atoms with E-state index in [4.69, 9.17) is 9.47 Å². The van der Waals surface area contributed by atoms with Gasteiger partial charge in [0.05, 0.1) is 24.0 Å². The molecule has 2 aromatic rings. The van der Waals surface area contributed by atoms with Crippen molar-refractivity contribution in [2.75, 3.05) is 7.11 Å². The maximum atomic E-state index is 11.8. The fourth-order valence-electron chi connectivity index (χ4n) is 1.94. The number of thioether (sulfide) groups is 1. The number of aromatic nitrogens is 2. The zero-order valence-corrected chi connectivity index (χ0v) is 14.7. The summed E-state index contributed by atoms with van der Waals surface area (Å²) >= 11 is 1.41. The second kappa shape index (κ2) is 8.65. The van der Waals surface area contributed by atoms with E-state index < -0.39 is 0 Å². The van der Waals surface area contributed by atoms with Crippen molar-refractivity contribution in [3.8, 4) is 0 Å². The third kappa shape index (κ3) is 5.50. The molecule has 0 aliphatic heterocycles. The molecule has 7 heteroatoms. The van der Waals surface area contributed by atoms with Gasteiger partial charge in [-0.05, 0) is 31.5 Å². The summed E-state index contributed by atoms with van der Waals surface area (Å²) in [6, 6.07) is 8.61. The number of methoxy groups -OCH3 is 1. The van der Waals surface area contributed by atoms with Crippen LogP contribution >= 0.6 is 11.8 Å². The largest absolute Gasteiger partial charge is 0.459 e. The van der Waals surface area contributed by atoms with Crippen molar-refractivity contribution < 1.29 is 14.3 Å². The Morgan fingerprint density at radius 1 is 1.29 bits per heavy atom. The van der Waals surface area contributed by atoms with Crippen molar-refractivity contribution in [2.24, 2.45) is 0 Å². The fourth-order valence-corrected chi connectivity index (χ4v) is 2.79. The van der Waals surface area contributed by atoms with Gasteiger partial charge in [0.1, 0.15) is 0 Å². The predicted molar refractivity (Wildman–Crippen MR) is 92.1 cm³/mol. The average molecular weight is 348 g/mol. The number of H-pyrrole nitrogens is 1. The Morgan fingerprint density at radius 3 is 2.62 bits per heavy atom. The molecule has 0 atom stereocenters. The minimum atomic E-state index is -0.331. The number of nitrogens with one attached hydrogen (secondary N) is 1. The Labute approximate surface area is 144 Å². The molecule has 0 fully saturated rings. The average Bonchev–Trinajstić information content (AvgIpc) is 2.52. The van der Waals surface area contributed by atoms with E-state index in [1.54, 1.807) is 19.2 Å². The number of hydrogen-bond donors (Lipinski definition) is 1. The Morgan fingerprint density at radius 2 is 2.00 bits per heavy atom. The molecule has 1 N–H and O–H groups in total. The first-order valence-electron chi connectivity index (χ1n) is 7.50. The van der Waals surface area contributed by atoms with Crippen LogP contribution in [0.1, 0.15) is 35.5 Å². The lowest BCUT2D eigenvalue weighted by Gasteiger charge is -2.08. The number of carbonyl (C=O) groups is 1. The number of ether oxygens (including phenoxy) is 2. The minimum absolute atomic E-state index is 0.144. The quantitative estimate of drug-likeness (QED) is 0.471. The summed E-state index contributed by atoms with van der Waals surface area (Å²) in [6.45, 7) is 3.92. The first-order chi connectivity index (χ1) is 11.5. The van der Waals surface area contributed by atoms with Gasteiger partial charge in [0.25, 0.3) is 5.56 Å². The van der Waals surface area contributed by atoms with E-state index in [0.717, 1.165) is 5.56 Å². The SMILES string of the molecule is COCc1cc(=O)[nH]c(SCc2ccc(C(=O)OC(C)C)cc2)n1. The second-order valence-corrected chi connectivity index (χ2v) is 6.38. The molecule has 1 aromatic heterocycles. The Kier molecular flexibility index (Phi) is 6.57. The van der Waals surface area contributed by atoms with Crippen LogP contribution in [0, 0.1) is 0 Å². The highest BCUT2D eigenvalue weighted by Gasteiger charge is 2.09. The molecule has 0 bridgehead atoms. The van der Waals surface area contributed by atoms with E-state index in [-0.39, 0.29) is 17.6 Å². The molecule has 0 aliphatic carbocycles. The third-order valence-electron chi connectivity index (χ3n) is 2.97. The molecule has 1 heterocycles. The van der Waals surface area contributed by atoms with Gasteiger partial charge < -0.3 is 14.5 Å². The van der Waals surface area contributed by atoms with Crippen molar-refractivity contribution in [3.63, 3.8) is 0 Å². The lowest BCUT2D eigenvalue weighted by Crippen LogP contribution is -2.11. The topological polar surface area (TPSA) is 81.3 Å². The molecule has 24 heavy (non-hydrogen) atoms. The molecule has 0 aliphatic rings. The summed E-state index contributed by atoms with van der Waals surface area (Å²) in [7, 11) is 1.56. The van der Waals surface area contributed by atoms with Gasteiger partial charge in [-0.3, -0.25) is 4.79 Å². The molecule has 0 radical (unpaired) electrons. The molecular formula is C17H20N2O4S. The van der Waals surface area contributed by atoms with Crippen LogP contribution in [0.25, 0.3) is 0 Å². The summed E-state index contributed by atoms with van der Waals surface area (Å²) in [5, 5.41) is 0.540. The maximum Gasteiger partial charge on any atom is 0.338 e. The van der Waals surface area contributed by atoms with Crippen LogP contribution in [0.3, 0.4) is 0 Å². The molecule has 0 amide bonds. The van der Waals surface area contributed by atoms with Crippen molar-refractivity contribution in [3.05, 3.63) is 57.5 Å². The van der Waals surface area contributed by atoms with E-state index in [9.17, 15) is 9.59 Å². The third-order valence-corrected chi connectivity index (χ3v) is 3.92. The summed E-state index contributed by atoms with van der Waals surface area (Å²) in [4.78, 5) is 30.4. The van der Waals surface area contributed by atoms with E-state index >= 15 is 0 Å². The zero-order chi connectivity index (χ0) is 17.5. The van der Waals surface area contributed by atoms with E-state index in [1.807, 2.05) is 26.0 Å². The van der Waals surface area contributed by atoms with Crippen molar-refractivity contribution in [1.29, 1.82) is 0 Å². The Balaban J connectivity index is 2.00. The monoisotopic (exact) mass is 348 g/mol. The fraction of sp³-hybridized carbons (Fsp3) is 0.353. The van der Waals surface area contributed by atoms with E-state index in [0.29, 0.717) is 28.8 Å². The smallest absolute Gasteiger partial charge is 0.338 e. The first kappa shape index (κ1) is 18.2. The van der Waals surface area contributed by atoms with Crippen LogP contribution in [0.2, 0.25) is 0 Å². The first-order valence-corrected chi connectivity index (χ1v) is 8.48. The number of nitrogens with zero attached hydrogens (tertiary/aromatic N) is 1. The molecule has 0 spiro atoms. The van der Waals surface area contributed by atoms with E-state index in [2.05, 4.69) is 9.97 Å². The Hall–Kier alpha value is -2.12. The zero-order valence-electron chi connectivity index (χ0n) is 13.9. The van der Waals surface area contributed by atoms with Crippen LogP contribution in [-0.4, -0.2) is 29.2 Å². The molecule has 2 rings (SSSR count). The maximum absolute atomic E-state index is 11.8. The van der Waals surface area contributed by atoms with Crippen LogP contribution in [0.4, 0.5) is 0 Å². The normalized spacial score (nSPS) is 10.8. The van der Waals surface area contributed by atoms with Gasteiger partial charge in [-0.1, -0.05) is 23.9 Å². The number of hydrogen-bond acceptors (Lipinski definition) is 6. The lowest BCUT2D eigenvalue weighted by atomic mass is 10.1. The molecule has 6 nitrogen and oxygen atoms in total. The molecule has 128 valence electrons. The number of esters is 1. The number of benzene rings is 1. The van der Waals surface area contributed by atoms with Crippen LogP contribution < -0.4 is 5.56 Å². The van der Waals surface area contributed by atoms with Crippen LogP contribution in [0.5, 0.6) is 0 Å². The molecular weight excluding hydrogens is 328 g/mol.